The van der Waals surface area contributed by atoms with Gasteiger partial charge in [0.1, 0.15) is 5.72 Å². The first-order chi connectivity index (χ1) is 9.48. The Morgan fingerprint density at radius 1 is 1.50 bits per heavy atom. The summed E-state index contributed by atoms with van der Waals surface area (Å²) in [6, 6.07) is 9.31. The molecule has 20 heavy (non-hydrogen) atoms. The van der Waals surface area contributed by atoms with Gasteiger partial charge in [-0.15, -0.1) is 0 Å². The predicted octanol–water partition coefficient (Wildman–Crippen LogP) is 2.28. The van der Waals surface area contributed by atoms with Crippen molar-refractivity contribution in [3.05, 3.63) is 35.9 Å². The first kappa shape index (κ1) is 15.0. The van der Waals surface area contributed by atoms with Crippen LogP contribution in [0.1, 0.15) is 37.6 Å². The van der Waals surface area contributed by atoms with Crippen molar-refractivity contribution >= 4 is 5.91 Å². The monoisotopic (exact) mass is 277 g/mol. The quantitative estimate of drug-likeness (QED) is 0.918. The molecule has 1 amide bonds. The van der Waals surface area contributed by atoms with Crippen LogP contribution in [-0.2, 0) is 4.74 Å². The van der Waals surface area contributed by atoms with Crippen molar-refractivity contribution in [3.8, 4) is 0 Å². The number of ether oxygens (including phenoxy) is 1. The highest BCUT2D eigenvalue weighted by molar-refractivity contribution is 5.95. The number of benzene rings is 1. The SMILES string of the molecule is C[C@H](CO)C[C@@]1(C)OC[C@@H](C)N1C(=O)c1ccccc1. The van der Waals surface area contributed by atoms with Crippen LogP contribution in [0.15, 0.2) is 30.3 Å². The van der Waals surface area contributed by atoms with Crippen molar-refractivity contribution in [1.29, 1.82) is 0 Å². The minimum absolute atomic E-state index is 0.0109. The summed E-state index contributed by atoms with van der Waals surface area (Å²) in [5.41, 5.74) is 0.0295. The highest BCUT2D eigenvalue weighted by atomic mass is 16.5. The summed E-state index contributed by atoms with van der Waals surface area (Å²) in [6.45, 7) is 6.52. The van der Waals surface area contributed by atoms with Crippen LogP contribution < -0.4 is 0 Å². The molecule has 3 atom stereocenters. The molecule has 4 heteroatoms. The van der Waals surface area contributed by atoms with E-state index >= 15 is 0 Å². The van der Waals surface area contributed by atoms with E-state index in [0.717, 1.165) is 0 Å². The highest BCUT2D eigenvalue weighted by Gasteiger charge is 2.45. The topological polar surface area (TPSA) is 49.8 Å². The Hall–Kier alpha value is -1.39. The van der Waals surface area contributed by atoms with Gasteiger partial charge in [0, 0.05) is 12.2 Å². The Kier molecular flexibility index (Phi) is 4.45. The average molecular weight is 277 g/mol. The van der Waals surface area contributed by atoms with Gasteiger partial charge in [-0.25, -0.2) is 0 Å². The third-order valence-electron chi connectivity index (χ3n) is 3.86. The summed E-state index contributed by atoms with van der Waals surface area (Å²) in [5.74, 6) is 0.0830. The predicted molar refractivity (Wildman–Crippen MR) is 77.3 cm³/mol. The van der Waals surface area contributed by atoms with Gasteiger partial charge in [-0.2, -0.15) is 0 Å². The van der Waals surface area contributed by atoms with E-state index < -0.39 is 5.72 Å². The van der Waals surface area contributed by atoms with Crippen molar-refractivity contribution in [3.63, 3.8) is 0 Å². The molecule has 0 radical (unpaired) electrons. The molecule has 0 saturated carbocycles. The van der Waals surface area contributed by atoms with E-state index in [1.807, 2.05) is 56.0 Å². The maximum atomic E-state index is 12.7. The number of nitrogens with zero attached hydrogens (tertiary/aromatic N) is 1. The number of carbonyl (C=O) groups is 1. The molecule has 1 fully saturated rings. The molecule has 1 heterocycles. The Morgan fingerprint density at radius 2 is 2.15 bits per heavy atom. The van der Waals surface area contributed by atoms with E-state index in [-0.39, 0.29) is 24.5 Å². The van der Waals surface area contributed by atoms with E-state index in [4.69, 9.17) is 4.74 Å². The third-order valence-corrected chi connectivity index (χ3v) is 3.86. The number of amides is 1. The lowest BCUT2D eigenvalue weighted by Crippen LogP contribution is -2.50. The van der Waals surface area contributed by atoms with Crippen molar-refractivity contribution in [2.75, 3.05) is 13.2 Å². The van der Waals surface area contributed by atoms with E-state index in [9.17, 15) is 9.90 Å². The number of aliphatic hydroxyl groups is 1. The molecule has 1 aromatic rings. The fourth-order valence-corrected chi connectivity index (χ4v) is 2.91. The molecule has 1 saturated heterocycles. The van der Waals surface area contributed by atoms with Crippen LogP contribution in [0.25, 0.3) is 0 Å². The normalized spacial score (nSPS) is 27.6. The first-order valence-corrected chi connectivity index (χ1v) is 7.11. The van der Waals surface area contributed by atoms with Gasteiger partial charge in [0.15, 0.2) is 0 Å². The number of hydrogen-bond acceptors (Lipinski definition) is 3. The second kappa shape index (κ2) is 5.94. The van der Waals surface area contributed by atoms with E-state index in [0.29, 0.717) is 18.6 Å². The number of aliphatic hydroxyl groups excluding tert-OH is 1. The Labute approximate surface area is 120 Å². The lowest BCUT2D eigenvalue weighted by Gasteiger charge is -2.37. The largest absolute Gasteiger partial charge is 0.396 e. The number of hydrogen-bond donors (Lipinski definition) is 1. The van der Waals surface area contributed by atoms with Crippen molar-refractivity contribution in [2.45, 2.75) is 39.0 Å². The van der Waals surface area contributed by atoms with Crippen molar-refractivity contribution < 1.29 is 14.6 Å². The molecule has 1 aliphatic rings. The fraction of sp³-hybridized carbons (Fsp3) is 0.562. The molecule has 0 aromatic heterocycles. The van der Waals surface area contributed by atoms with Crippen LogP contribution in [0.4, 0.5) is 0 Å². The van der Waals surface area contributed by atoms with Gasteiger partial charge in [0.2, 0.25) is 0 Å². The zero-order chi connectivity index (χ0) is 14.8. The number of rotatable bonds is 4. The van der Waals surface area contributed by atoms with Gasteiger partial charge in [-0.3, -0.25) is 4.79 Å². The lowest BCUT2D eigenvalue weighted by atomic mass is 9.98. The Morgan fingerprint density at radius 3 is 2.75 bits per heavy atom. The molecule has 1 N–H and O–H groups in total. The van der Waals surface area contributed by atoms with Crippen LogP contribution in [0, 0.1) is 5.92 Å². The minimum Gasteiger partial charge on any atom is -0.396 e. The minimum atomic E-state index is -0.644. The van der Waals surface area contributed by atoms with Crippen LogP contribution in [-0.4, -0.2) is 40.9 Å². The smallest absolute Gasteiger partial charge is 0.256 e. The molecule has 0 bridgehead atoms. The Bertz CT molecular complexity index is 462. The molecule has 0 spiro atoms. The van der Waals surface area contributed by atoms with Crippen LogP contribution >= 0.6 is 0 Å². The fourth-order valence-electron chi connectivity index (χ4n) is 2.91. The van der Waals surface area contributed by atoms with Gasteiger partial charge in [0.25, 0.3) is 5.91 Å². The maximum absolute atomic E-state index is 12.7. The lowest BCUT2D eigenvalue weighted by molar-refractivity contribution is -0.0731. The van der Waals surface area contributed by atoms with Crippen LogP contribution in [0.2, 0.25) is 0 Å². The van der Waals surface area contributed by atoms with Gasteiger partial charge < -0.3 is 14.7 Å². The molecule has 2 rings (SSSR count). The summed E-state index contributed by atoms with van der Waals surface area (Å²) >= 11 is 0. The first-order valence-electron chi connectivity index (χ1n) is 7.11. The highest BCUT2D eigenvalue weighted by Crippen LogP contribution is 2.34. The van der Waals surface area contributed by atoms with Gasteiger partial charge in [0.05, 0.1) is 12.6 Å². The van der Waals surface area contributed by atoms with E-state index in [1.54, 1.807) is 0 Å². The average Bonchev–Trinajstić information content (AvgIpc) is 2.74. The molecule has 0 aliphatic carbocycles. The molecule has 0 unspecified atom stereocenters. The summed E-state index contributed by atoms with van der Waals surface area (Å²) in [6.07, 6.45) is 0.631. The summed E-state index contributed by atoms with van der Waals surface area (Å²) in [5, 5.41) is 9.26. The summed E-state index contributed by atoms with van der Waals surface area (Å²) < 4.78 is 5.87. The molecular weight excluding hydrogens is 254 g/mol. The molecule has 110 valence electrons. The standard InChI is InChI=1S/C16H23NO3/c1-12(10-18)9-16(3)17(13(2)11-20-16)15(19)14-7-5-4-6-8-14/h4-8,12-13,18H,9-11H2,1-3H3/t12-,13+,16+/m0/s1. The van der Waals surface area contributed by atoms with E-state index in [2.05, 4.69) is 0 Å². The molecule has 1 aromatic carbocycles. The summed E-state index contributed by atoms with van der Waals surface area (Å²) in [7, 11) is 0. The molecule has 1 aliphatic heterocycles. The zero-order valence-electron chi connectivity index (χ0n) is 12.4. The summed E-state index contributed by atoms with van der Waals surface area (Å²) in [4.78, 5) is 14.5. The molecular formula is C16H23NO3. The van der Waals surface area contributed by atoms with Crippen molar-refractivity contribution in [2.24, 2.45) is 5.92 Å². The van der Waals surface area contributed by atoms with Crippen LogP contribution in [0.3, 0.4) is 0 Å². The number of carbonyl (C=O) groups excluding carboxylic acids is 1. The van der Waals surface area contributed by atoms with Gasteiger partial charge >= 0.3 is 0 Å². The van der Waals surface area contributed by atoms with Crippen LogP contribution in [0.5, 0.6) is 0 Å². The zero-order valence-corrected chi connectivity index (χ0v) is 12.4. The third kappa shape index (κ3) is 2.86. The van der Waals surface area contributed by atoms with Crippen molar-refractivity contribution in [1.82, 2.24) is 4.90 Å². The van der Waals surface area contributed by atoms with Gasteiger partial charge in [-0.1, -0.05) is 25.1 Å². The molecule has 4 nitrogen and oxygen atoms in total. The van der Waals surface area contributed by atoms with Gasteiger partial charge in [-0.05, 0) is 38.3 Å². The van der Waals surface area contributed by atoms with E-state index in [1.165, 1.54) is 0 Å². The maximum Gasteiger partial charge on any atom is 0.256 e. The second-order valence-electron chi connectivity index (χ2n) is 5.87. The Balaban J connectivity index is 2.24. The second-order valence-corrected chi connectivity index (χ2v) is 5.87.